The van der Waals surface area contributed by atoms with Crippen LogP contribution in [0.1, 0.15) is 65.2 Å². The van der Waals surface area contributed by atoms with E-state index in [9.17, 15) is 9.59 Å². The van der Waals surface area contributed by atoms with E-state index in [0.29, 0.717) is 16.7 Å². The standard InChI is InChI=1S/C17H28N2O3/c1-15-5-11-6-16(2,8-15)10-17(7-11,9-15)19-14(22)12(18)3-4-13(20)21/h11-12H,3-10,18H2,1-2H3,(H,19,22)(H,20,21). The molecule has 4 saturated carbocycles. The molecule has 0 saturated heterocycles. The third-order valence-corrected chi connectivity index (χ3v) is 6.02. The zero-order chi connectivity index (χ0) is 16.2. The lowest BCUT2D eigenvalue weighted by atomic mass is 9.43. The van der Waals surface area contributed by atoms with Gasteiger partial charge in [0.05, 0.1) is 6.04 Å². The van der Waals surface area contributed by atoms with Gasteiger partial charge in [0, 0.05) is 12.0 Å². The molecule has 0 aliphatic heterocycles. The molecule has 1 amide bonds. The first kappa shape index (κ1) is 15.8. The van der Waals surface area contributed by atoms with Crippen molar-refractivity contribution >= 4 is 11.9 Å². The number of hydrogen-bond donors (Lipinski definition) is 3. The summed E-state index contributed by atoms with van der Waals surface area (Å²) in [6.45, 7) is 4.72. The number of nitrogens with one attached hydrogen (secondary N) is 1. The van der Waals surface area contributed by atoms with E-state index >= 15 is 0 Å². The van der Waals surface area contributed by atoms with Crippen molar-refractivity contribution in [3.63, 3.8) is 0 Å². The van der Waals surface area contributed by atoms with Crippen LogP contribution < -0.4 is 11.1 Å². The molecular weight excluding hydrogens is 280 g/mol. The van der Waals surface area contributed by atoms with Crippen molar-refractivity contribution in [3.8, 4) is 0 Å². The second-order valence-corrected chi connectivity index (χ2v) is 8.94. The third kappa shape index (κ3) is 2.87. The molecule has 22 heavy (non-hydrogen) atoms. The van der Waals surface area contributed by atoms with Gasteiger partial charge in [0.15, 0.2) is 0 Å². The molecule has 0 aromatic carbocycles. The van der Waals surface area contributed by atoms with Crippen LogP contribution >= 0.6 is 0 Å². The second kappa shape index (κ2) is 4.95. The summed E-state index contributed by atoms with van der Waals surface area (Å²) < 4.78 is 0. The van der Waals surface area contributed by atoms with E-state index < -0.39 is 12.0 Å². The van der Waals surface area contributed by atoms with E-state index in [2.05, 4.69) is 19.2 Å². The predicted octanol–water partition coefficient (Wildman–Crippen LogP) is 2.04. The highest BCUT2D eigenvalue weighted by molar-refractivity contribution is 5.83. The molecule has 4 bridgehead atoms. The third-order valence-electron chi connectivity index (χ3n) is 6.02. The number of rotatable bonds is 5. The highest BCUT2D eigenvalue weighted by atomic mass is 16.4. The van der Waals surface area contributed by atoms with Gasteiger partial charge in [0.25, 0.3) is 0 Å². The van der Waals surface area contributed by atoms with Gasteiger partial charge in [-0.15, -0.1) is 0 Å². The van der Waals surface area contributed by atoms with Crippen LogP contribution in [0.2, 0.25) is 0 Å². The van der Waals surface area contributed by atoms with E-state index in [4.69, 9.17) is 10.8 Å². The van der Waals surface area contributed by atoms with Crippen LogP contribution in [0.5, 0.6) is 0 Å². The van der Waals surface area contributed by atoms with Crippen LogP contribution in [0.15, 0.2) is 0 Å². The summed E-state index contributed by atoms with van der Waals surface area (Å²) in [4.78, 5) is 23.1. The van der Waals surface area contributed by atoms with Crippen LogP contribution in [-0.4, -0.2) is 28.6 Å². The fourth-order valence-electron chi connectivity index (χ4n) is 6.35. The molecule has 3 unspecified atom stereocenters. The molecule has 124 valence electrons. The monoisotopic (exact) mass is 308 g/mol. The van der Waals surface area contributed by atoms with Crippen LogP contribution in [0.25, 0.3) is 0 Å². The van der Waals surface area contributed by atoms with Gasteiger partial charge in [-0.3, -0.25) is 9.59 Å². The Kier molecular flexibility index (Phi) is 3.55. The number of nitrogens with two attached hydrogens (primary N) is 1. The quantitative estimate of drug-likeness (QED) is 0.724. The second-order valence-electron chi connectivity index (χ2n) is 8.94. The molecule has 4 rings (SSSR count). The Bertz CT molecular complexity index is 486. The van der Waals surface area contributed by atoms with Crippen molar-refractivity contribution in [1.82, 2.24) is 5.32 Å². The van der Waals surface area contributed by atoms with Gasteiger partial charge in [0.2, 0.25) is 5.91 Å². The Hall–Kier alpha value is -1.10. The van der Waals surface area contributed by atoms with Crippen LogP contribution in [-0.2, 0) is 9.59 Å². The van der Waals surface area contributed by atoms with Crippen LogP contribution in [0, 0.1) is 16.7 Å². The highest BCUT2D eigenvalue weighted by Gasteiger charge is 2.60. The fraction of sp³-hybridized carbons (Fsp3) is 0.882. The molecule has 0 heterocycles. The molecule has 5 heteroatoms. The van der Waals surface area contributed by atoms with Crippen molar-refractivity contribution in [2.75, 3.05) is 0 Å². The number of carbonyl (C=O) groups excluding carboxylic acids is 1. The summed E-state index contributed by atoms with van der Waals surface area (Å²) in [7, 11) is 0. The number of aliphatic carboxylic acids is 1. The Morgan fingerprint density at radius 1 is 1.18 bits per heavy atom. The van der Waals surface area contributed by atoms with E-state index in [0.717, 1.165) is 19.3 Å². The smallest absolute Gasteiger partial charge is 0.303 e. The van der Waals surface area contributed by atoms with Crippen molar-refractivity contribution in [2.45, 2.75) is 76.8 Å². The summed E-state index contributed by atoms with van der Waals surface area (Å²) in [6, 6.07) is -0.718. The van der Waals surface area contributed by atoms with Gasteiger partial charge < -0.3 is 16.2 Å². The van der Waals surface area contributed by atoms with E-state index in [1.807, 2.05) is 0 Å². The zero-order valence-corrected chi connectivity index (χ0v) is 13.7. The summed E-state index contributed by atoms with van der Waals surface area (Å²) in [6.07, 6.45) is 7.13. The van der Waals surface area contributed by atoms with E-state index in [-0.39, 0.29) is 24.3 Å². The Labute approximate surface area is 132 Å². The number of hydrogen-bond acceptors (Lipinski definition) is 3. The normalized spacial score (nSPS) is 43.9. The number of carbonyl (C=O) groups is 2. The minimum Gasteiger partial charge on any atom is -0.481 e. The minimum atomic E-state index is -0.905. The van der Waals surface area contributed by atoms with Gasteiger partial charge >= 0.3 is 5.97 Å². The molecule has 0 spiro atoms. The topological polar surface area (TPSA) is 92.4 Å². The molecule has 0 radical (unpaired) electrons. The molecule has 0 aromatic heterocycles. The average molecular weight is 308 g/mol. The maximum Gasteiger partial charge on any atom is 0.303 e. The van der Waals surface area contributed by atoms with Crippen LogP contribution in [0.4, 0.5) is 0 Å². The van der Waals surface area contributed by atoms with Crippen LogP contribution in [0.3, 0.4) is 0 Å². The number of amides is 1. The number of carboxylic acid groups (broad SMARTS) is 1. The van der Waals surface area contributed by atoms with Crippen molar-refractivity contribution in [3.05, 3.63) is 0 Å². The minimum absolute atomic E-state index is 0.0559. The van der Waals surface area contributed by atoms with Gasteiger partial charge in [-0.2, -0.15) is 0 Å². The molecule has 5 nitrogen and oxygen atoms in total. The highest BCUT2D eigenvalue weighted by Crippen LogP contribution is 2.66. The Morgan fingerprint density at radius 3 is 2.27 bits per heavy atom. The lowest BCUT2D eigenvalue weighted by Crippen LogP contribution is -2.66. The maximum absolute atomic E-state index is 12.4. The molecule has 4 N–H and O–H groups in total. The lowest BCUT2D eigenvalue weighted by molar-refractivity contribution is -0.141. The first-order valence-electron chi connectivity index (χ1n) is 8.42. The van der Waals surface area contributed by atoms with E-state index in [1.54, 1.807) is 0 Å². The molecular formula is C17H28N2O3. The van der Waals surface area contributed by atoms with Gasteiger partial charge in [-0.05, 0) is 61.7 Å². The summed E-state index contributed by atoms with van der Waals surface area (Å²) in [5.74, 6) is -0.365. The maximum atomic E-state index is 12.4. The molecule has 4 aliphatic rings. The van der Waals surface area contributed by atoms with Gasteiger partial charge in [0.1, 0.15) is 0 Å². The van der Waals surface area contributed by atoms with Gasteiger partial charge in [-0.25, -0.2) is 0 Å². The Morgan fingerprint density at radius 2 is 1.77 bits per heavy atom. The summed E-state index contributed by atoms with van der Waals surface area (Å²) >= 11 is 0. The summed E-state index contributed by atoms with van der Waals surface area (Å²) in [5.41, 5.74) is 6.45. The summed E-state index contributed by atoms with van der Waals surface area (Å²) in [5, 5.41) is 12.0. The number of carboxylic acids is 1. The largest absolute Gasteiger partial charge is 0.481 e. The first-order valence-corrected chi connectivity index (χ1v) is 8.42. The molecule has 4 aliphatic carbocycles. The molecule has 0 aromatic rings. The fourth-order valence-corrected chi connectivity index (χ4v) is 6.35. The zero-order valence-electron chi connectivity index (χ0n) is 13.7. The van der Waals surface area contributed by atoms with E-state index in [1.165, 1.54) is 19.3 Å². The lowest BCUT2D eigenvalue weighted by Gasteiger charge is -2.65. The SMILES string of the molecule is CC12CC3CC(C)(C1)CC(NC(=O)C(N)CCC(=O)O)(C3)C2. The molecule has 3 atom stereocenters. The van der Waals surface area contributed by atoms with Crippen molar-refractivity contribution in [1.29, 1.82) is 0 Å². The molecule has 4 fully saturated rings. The van der Waals surface area contributed by atoms with Gasteiger partial charge in [-0.1, -0.05) is 13.8 Å². The van der Waals surface area contributed by atoms with Crippen molar-refractivity contribution in [2.24, 2.45) is 22.5 Å². The predicted molar refractivity (Wildman–Crippen MR) is 83.1 cm³/mol. The average Bonchev–Trinajstić information content (AvgIpc) is 2.30. The first-order chi connectivity index (χ1) is 10.1. The van der Waals surface area contributed by atoms with Crippen molar-refractivity contribution < 1.29 is 14.7 Å². The Balaban J connectivity index is 1.69.